The molecule has 0 unspecified atom stereocenters. The highest BCUT2D eigenvalue weighted by Crippen LogP contribution is 2.22. The number of carbonyl (C=O) groups is 1. The minimum absolute atomic E-state index is 0.0792. The van der Waals surface area contributed by atoms with Crippen LogP contribution in [0.15, 0.2) is 65.2 Å². The molecule has 2 N–H and O–H groups in total. The van der Waals surface area contributed by atoms with Gasteiger partial charge in [0.2, 0.25) is 5.91 Å². The van der Waals surface area contributed by atoms with E-state index in [2.05, 4.69) is 15.8 Å². The first-order valence-electron chi connectivity index (χ1n) is 7.99. The van der Waals surface area contributed by atoms with Crippen LogP contribution in [-0.2, 0) is 4.79 Å². The van der Waals surface area contributed by atoms with Crippen LogP contribution in [0.1, 0.15) is 12.2 Å². The first kappa shape index (κ1) is 16.6. The van der Waals surface area contributed by atoms with Crippen molar-refractivity contribution >= 4 is 17.4 Å². The van der Waals surface area contributed by atoms with Crippen LogP contribution >= 0.6 is 0 Å². The molecule has 6 heteroatoms. The van der Waals surface area contributed by atoms with E-state index in [-0.39, 0.29) is 5.91 Å². The van der Waals surface area contributed by atoms with E-state index in [1.807, 2.05) is 61.5 Å². The SMILES string of the molecule is Cc1cc(NCCC(=O)Nc2ccc(Oc3ccccc3)cc2)no1. The summed E-state index contributed by atoms with van der Waals surface area (Å²) < 4.78 is 10.7. The predicted molar refractivity (Wildman–Crippen MR) is 95.9 cm³/mol. The Labute approximate surface area is 145 Å². The molecule has 0 atom stereocenters. The molecule has 0 aliphatic rings. The number of hydrogen-bond acceptors (Lipinski definition) is 5. The van der Waals surface area contributed by atoms with Crippen LogP contribution in [0.3, 0.4) is 0 Å². The summed E-state index contributed by atoms with van der Waals surface area (Å²) in [5, 5.41) is 9.69. The van der Waals surface area contributed by atoms with E-state index in [0.717, 1.165) is 17.2 Å². The van der Waals surface area contributed by atoms with Crippen LogP contribution in [0, 0.1) is 6.92 Å². The lowest BCUT2D eigenvalue weighted by Gasteiger charge is -2.08. The van der Waals surface area contributed by atoms with Gasteiger partial charge < -0.3 is 19.9 Å². The van der Waals surface area contributed by atoms with Crippen molar-refractivity contribution in [2.45, 2.75) is 13.3 Å². The van der Waals surface area contributed by atoms with Gasteiger partial charge in [-0.1, -0.05) is 23.4 Å². The van der Waals surface area contributed by atoms with E-state index >= 15 is 0 Å². The van der Waals surface area contributed by atoms with Crippen molar-refractivity contribution in [1.82, 2.24) is 5.16 Å². The number of para-hydroxylation sites is 1. The summed E-state index contributed by atoms with van der Waals surface area (Å²) in [7, 11) is 0. The fourth-order valence-corrected chi connectivity index (χ4v) is 2.21. The molecule has 0 spiro atoms. The first-order chi connectivity index (χ1) is 12.2. The highest BCUT2D eigenvalue weighted by Gasteiger charge is 2.04. The summed E-state index contributed by atoms with van der Waals surface area (Å²) in [5.41, 5.74) is 0.725. The van der Waals surface area contributed by atoms with Gasteiger partial charge in [0.05, 0.1) is 0 Å². The fraction of sp³-hybridized carbons (Fsp3) is 0.158. The summed E-state index contributed by atoms with van der Waals surface area (Å²) in [6.45, 7) is 2.29. The van der Waals surface area contributed by atoms with Crippen molar-refractivity contribution in [3.05, 3.63) is 66.4 Å². The van der Waals surface area contributed by atoms with Crippen LogP contribution in [0.5, 0.6) is 11.5 Å². The number of anilines is 2. The molecule has 1 aromatic heterocycles. The molecular weight excluding hydrogens is 318 g/mol. The van der Waals surface area contributed by atoms with Gasteiger partial charge in [-0.15, -0.1) is 0 Å². The van der Waals surface area contributed by atoms with Gasteiger partial charge in [-0.25, -0.2) is 0 Å². The molecule has 0 saturated heterocycles. The number of aryl methyl sites for hydroxylation is 1. The summed E-state index contributed by atoms with van der Waals surface area (Å²) in [6.07, 6.45) is 0.328. The normalized spacial score (nSPS) is 10.3. The van der Waals surface area contributed by atoms with Crippen LogP contribution in [0.2, 0.25) is 0 Å². The van der Waals surface area contributed by atoms with E-state index in [9.17, 15) is 4.79 Å². The number of ether oxygens (including phenoxy) is 1. The van der Waals surface area contributed by atoms with Gasteiger partial charge in [-0.2, -0.15) is 0 Å². The molecule has 3 aromatic rings. The minimum atomic E-state index is -0.0792. The average Bonchev–Trinajstić information content (AvgIpc) is 3.03. The maximum absolute atomic E-state index is 12.0. The zero-order valence-electron chi connectivity index (χ0n) is 13.9. The zero-order valence-corrected chi connectivity index (χ0v) is 13.9. The fourth-order valence-electron chi connectivity index (χ4n) is 2.21. The number of rotatable bonds is 7. The second kappa shape index (κ2) is 8.01. The van der Waals surface area contributed by atoms with Gasteiger partial charge in [0.15, 0.2) is 5.82 Å². The largest absolute Gasteiger partial charge is 0.457 e. The zero-order chi connectivity index (χ0) is 17.5. The molecule has 1 heterocycles. The lowest BCUT2D eigenvalue weighted by molar-refractivity contribution is -0.115. The molecule has 25 heavy (non-hydrogen) atoms. The molecule has 1 amide bonds. The van der Waals surface area contributed by atoms with Gasteiger partial charge in [0.25, 0.3) is 0 Å². The number of nitrogens with one attached hydrogen (secondary N) is 2. The quantitative estimate of drug-likeness (QED) is 0.675. The number of nitrogens with zero attached hydrogens (tertiary/aromatic N) is 1. The maximum Gasteiger partial charge on any atom is 0.226 e. The van der Waals surface area contributed by atoms with Gasteiger partial charge in [0, 0.05) is 24.7 Å². The molecule has 0 saturated carbocycles. The Bertz CT molecular complexity index is 813. The third-order valence-electron chi connectivity index (χ3n) is 3.40. The van der Waals surface area contributed by atoms with Gasteiger partial charge >= 0.3 is 0 Å². The highest BCUT2D eigenvalue weighted by molar-refractivity contribution is 5.91. The van der Waals surface area contributed by atoms with Crippen LogP contribution in [0.4, 0.5) is 11.5 Å². The smallest absolute Gasteiger partial charge is 0.226 e. The molecule has 2 aromatic carbocycles. The molecule has 3 rings (SSSR count). The number of aromatic nitrogens is 1. The Morgan fingerprint density at radius 2 is 1.80 bits per heavy atom. The summed E-state index contributed by atoms with van der Waals surface area (Å²) >= 11 is 0. The standard InChI is InChI=1S/C19H19N3O3/c1-14-13-18(22-25-14)20-12-11-19(23)21-15-7-9-17(10-8-15)24-16-5-3-2-4-6-16/h2-10,13H,11-12H2,1H3,(H,20,22)(H,21,23). The monoisotopic (exact) mass is 337 g/mol. The number of carbonyl (C=O) groups excluding carboxylic acids is 1. The van der Waals surface area contributed by atoms with E-state index in [0.29, 0.717) is 24.5 Å². The molecule has 0 aliphatic carbocycles. The van der Waals surface area contributed by atoms with E-state index in [1.54, 1.807) is 6.07 Å². The van der Waals surface area contributed by atoms with Crippen LogP contribution in [-0.4, -0.2) is 17.6 Å². The summed E-state index contributed by atoms with van der Waals surface area (Å²) in [4.78, 5) is 12.0. The van der Waals surface area contributed by atoms with Crippen molar-refractivity contribution in [2.24, 2.45) is 0 Å². The van der Waals surface area contributed by atoms with Gasteiger partial charge in [-0.3, -0.25) is 4.79 Å². The van der Waals surface area contributed by atoms with E-state index in [4.69, 9.17) is 9.26 Å². The minimum Gasteiger partial charge on any atom is -0.457 e. The molecule has 0 fully saturated rings. The Hall–Kier alpha value is -3.28. The van der Waals surface area contributed by atoms with Gasteiger partial charge in [-0.05, 0) is 43.3 Å². The molecule has 0 aliphatic heterocycles. The predicted octanol–water partition coefficient (Wildman–Crippen LogP) is 4.22. The van der Waals surface area contributed by atoms with Crippen molar-refractivity contribution < 1.29 is 14.1 Å². The first-order valence-corrected chi connectivity index (χ1v) is 7.99. The molecule has 6 nitrogen and oxygen atoms in total. The lowest BCUT2D eigenvalue weighted by Crippen LogP contribution is -2.16. The molecular formula is C19H19N3O3. The summed E-state index contributed by atoms with van der Waals surface area (Å²) in [6, 6.07) is 18.6. The maximum atomic E-state index is 12.0. The molecule has 0 bridgehead atoms. The average molecular weight is 337 g/mol. The second-order valence-electron chi connectivity index (χ2n) is 5.49. The van der Waals surface area contributed by atoms with Crippen molar-refractivity contribution in [3.63, 3.8) is 0 Å². The van der Waals surface area contributed by atoms with Crippen LogP contribution < -0.4 is 15.4 Å². The van der Waals surface area contributed by atoms with Crippen molar-refractivity contribution in [2.75, 3.05) is 17.2 Å². The lowest BCUT2D eigenvalue weighted by atomic mass is 10.3. The Morgan fingerprint density at radius 1 is 1.08 bits per heavy atom. The Balaban J connectivity index is 1.45. The molecule has 128 valence electrons. The molecule has 0 radical (unpaired) electrons. The van der Waals surface area contributed by atoms with Crippen LogP contribution in [0.25, 0.3) is 0 Å². The highest BCUT2D eigenvalue weighted by atomic mass is 16.5. The Morgan fingerprint density at radius 3 is 2.48 bits per heavy atom. The van der Waals surface area contributed by atoms with E-state index in [1.165, 1.54) is 0 Å². The summed E-state index contributed by atoms with van der Waals surface area (Å²) in [5.74, 6) is 2.77. The third kappa shape index (κ3) is 5.10. The topological polar surface area (TPSA) is 76.4 Å². The second-order valence-corrected chi connectivity index (χ2v) is 5.49. The Kier molecular flexibility index (Phi) is 5.31. The van der Waals surface area contributed by atoms with E-state index < -0.39 is 0 Å². The number of amides is 1. The number of benzene rings is 2. The van der Waals surface area contributed by atoms with Crippen molar-refractivity contribution in [1.29, 1.82) is 0 Å². The van der Waals surface area contributed by atoms with Gasteiger partial charge in [0.1, 0.15) is 17.3 Å². The van der Waals surface area contributed by atoms with Crippen molar-refractivity contribution in [3.8, 4) is 11.5 Å². The third-order valence-corrected chi connectivity index (χ3v) is 3.40. The number of hydrogen-bond donors (Lipinski definition) is 2.